The Bertz CT molecular complexity index is 899. The normalized spacial score (nSPS) is 21.4. The van der Waals surface area contributed by atoms with E-state index in [1.807, 2.05) is 4.90 Å². The number of carbonyl (C=O) groups excluding carboxylic acids is 3. The number of nitrogens with zero attached hydrogens (tertiary/aromatic N) is 2. The molecule has 174 valence electrons. The van der Waals surface area contributed by atoms with Gasteiger partial charge in [0, 0.05) is 12.1 Å². The van der Waals surface area contributed by atoms with Crippen molar-refractivity contribution in [1.29, 1.82) is 5.41 Å². The monoisotopic (exact) mass is 446 g/mol. The second-order valence-corrected chi connectivity index (χ2v) is 8.06. The first kappa shape index (κ1) is 23.7. The van der Waals surface area contributed by atoms with Gasteiger partial charge in [-0.1, -0.05) is 0 Å². The van der Waals surface area contributed by atoms with Gasteiger partial charge in [0.05, 0.1) is 37.8 Å². The van der Waals surface area contributed by atoms with Gasteiger partial charge in [0.15, 0.2) is 5.69 Å². The van der Waals surface area contributed by atoms with E-state index in [0.717, 1.165) is 25.9 Å². The van der Waals surface area contributed by atoms with Gasteiger partial charge in [0.25, 0.3) is 0 Å². The molecule has 0 aromatic heterocycles. The summed E-state index contributed by atoms with van der Waals surface area (Å²) in [5, 5.41) is 11.4. The van der Waals surface area contributed by atoms with Crippen LogP contribution in [0.3, 0.4) is 0 Å². The highest BCUT2D eigenvalue weighted by Gasteiger charge is 2.52. The molecule has 2 heterocycles. The van der Waals surface area contributed by atoms with Crippen molar-refractivity contribution in [2.75, 3.05) is 46.4 Å². The number of methoxy groups -OCH3 is 1. The van der Waals surface area contributed by atoms with Gasteiger partial charge in [-0.15, -0.1) is 0 Å². The Morgan fingerprint density at radius 3 is 2.66 bits per heavy atom. The van der Waals surface area contributed by atoms with Crippen LogP contribution in [0.5, 0.6) is 0 Å². The minimum absolute atomic E-state index is 0.0513. The Balaban J connectivity index is 2.03. The van der Waals surface area contributed by atoms with Crippen molar-refractivity contribution in [3.63, 3.8) is 0 Å². The predicted molar refractivity (Wildman–Crippen MR) is 120 cm³/mol. The Morgan fingerprint density at radius 2 is 2.03 bits per heavy atom. The topological polar surface area (TPSA) is 135 Å². The van der Waals surface area contributed by atoms with E-state index < -0.39 is 5.97 Å². The Hall–Kier alpha value is -2.98. The lowest BCUT2D eigenvalue weighted by Crippen LogP contribution is -2.56. The lowest BCUT2D eigenvalue weighted by atomic mass is 10.0. The number of quaternary nitrogens is 1. The van der Waals surface area contributed by atoms with E-state index in [4.69, 9.17) is 20.6 Å². The van der Waals surface area contributed by atoms with Crippen LogP contribution in [0.15, 0.2) is 18.2 Å². The number of rotatable bonds is 8. The number of hydrogen-bond donors (Lipinski definition) is 3. The number of nitrogen functional groups attached to an aromatic ring is 1. The quantitative estimate of drug-likeness (QED) is 0.236. The molecule has 0 bridgehead atoms. The van der Waals surface area contributed by atoms with Crippen LogP contribution in [0.2, 0.25) is 0 Å². The highest BCUT2D eigenvalue weighted by atomic mass is 16.5. The van der Waals surface area contributed by atoms with Crippen LogP contribution >= 0.6 is 0 Å². The summed E-state index contributed by atoms with van der Waals surface area (Å²) in [7, 11) is 1.28. The van der Waals surface area contributed by atoms with Gasteiger partial charge in [-0.3, -0.25) is 15.1 Å². The van der Waals surface area contributed by atoms with Gasteiger partial charge >= 0.3 is 18.0 Å². The third-order valence-electron chi connectivity index (χ3n) is 6.26. The van der Waals surface area contributed by atoms with E-state index in [9.17, 15) is 14.4 Å². The zero-order valence-corrected chi connectivity index (χ0v) is 18.7. The molecule has 10 heteroatoms. The zero-order valence-electron chi connectivity index (χ0n) is 18.7. The average Bonchev–Trinajstić information content (AvgIpc) is 3.14. The fourth-order valence-electron chi connectivity index (χ4n) is 4.61. The molecule has 2 fully saturated rings. The van der Waals surface area contributed by atoms with E-state index >= 15 is 0 Å². The van der Waals surface area contributed by atoms with Gasteiger partial charge in [-0.05, 0) is 45.0 Å². The Labute approximate surface area is 187 Å². The maximum absolute atomic E-state index is 13.9. The molecule has 2 saturated heterocycles. The first-order valence-corrected chi connectivity index (χ1v) is 11.0. The summed E-state index contributed by atoms with van der Waals surface area (Å²) in [5.41, 5.74) is 6.92. The number of benzene rings is 1. The number of nitrogens with two attached hydrogens (primary N) is 1. The predicted octanol–water partition coefficient (Wildman–Crippen LogP) is 1.21. The van der Waals surface area contributed by atoms with Crippen molar-refractivity contribution in [2.24, 2.45) is 5.73 Å². The van der Waals surface area contributed by atoms with E-state index in [-0.39, 0.29) is 59.1 Å². The first-order chi connectivity index (χ1) is 15.3. The molecule has 2 amide bonds. The first-order valence-electron chi connectivity index (χ1n) is 11.0. The second-order valence-electron chi connectivity index (χ2n) is 8.06. The fourth-order valence-corrected chi connectivity index (χ4v) is 4.61. The maximum atomic E-state index is 13.9. The molecule has 0 aliphatic carbocycles. The fraction of sp³-hybridized carbons (Fsp3) is 0.545. The minimum atomic E-state index is -0.554. The molecular weight excluding hydrogens is 414 g/mol. The summed E-state index contributed by atoms with van der Waals surface area (Å²) >= 11 is 0. The SMILES string of the molecule is CCOC(=O)CC[N+]1(c2ccc(C(=O)OC)cc2C(=N)N)CCN(C2CCNCC2)C1=O. The van der Waals surface area contributed by atoms with Crippen LogP contribution in [-0.4, -0.2) is 81.2 Å². The molecule has 1 atom stereocenters. The lowest BCUT2D eigenvalue weighted by Gasteiger charge is -2.34. The molecule has 2 aliphatic heterocycles. The third-order valence-corrected chi connectivity index (χ3v) is 6.26. The summed E-state index contributed by atoms with van der Waals surface area (Å²) in [6.45, 7) is 4.88. The van der Waals surface area contributed by atoms with Crippen LogP contribution in [0, 0.1) is 5.41 Å². The minimum Gasteiger partial charge on any atom is -0.466 e. The van der Waals surface area contributed by atoms with Gasteiger partial charge in [-0.2, -0.15) is 0 Å². The van der Waals surface area contributed by atoms with Gasteiger partial charge in [0.2, 0.25) is 0 Å². The molecule has 0 radical (unpaired) electrons. The lowest BCUT2D eigenvalue weighted by molar-refractivity contribution is -0.143. The number of ether oxygens (including phenoxy) is 2. The van der Waals surface area contributed by atoms with Crippen LogP contribution in [0.4, 0.5) is 10.5 Å². The average molecular weight is 447 g/mol. The van der Waals surface area contributed by atoms with E-state index in [2.05, 4.69) is 5.32 Å². The van der Waals surface area contributed by atoms with Crippen LogP contribution in [0.1, 0.15) is 42.1 Å². The molecule has 0 saturated carbocycles. The van der Waals surface area contributed by atoms with Gasteiger partial charge in [0.1, 0.15) is 18.9 Å². The van der Waals surface area contributed by atoms with Crippen LogP contribution < -0.4 is 15.5 Å². The molecule has 3 rings (SSSR count). The smallest absolute Gasteiger partial charge is 0.424 e. The molecule has 1 unspecified atom stereocenters. The molecule has 4 N–H and O–H groups in total. The number of urea groups is 1. The number of amidine groups is 1. The highest BCUT2D eigenvalue weighted by molar-refractivity contribution is 6.05. The molecule has 2 aliphatic rings. The number of amides is 2. The van der Waals surface area contributed by atoms with E-state index in [1.165, 1.54) is 13.2 Å². The highest BCUT2D eigenvalue weighted by Crippen LogP contribution is 2.35. The van der Waals surface area contributed by atoms with E-state index in [0.29, 0.717) is 18.8 Å². The van der Waals surface area contributed by atoms with Crippen molar-refractivity contribution in [2.45, 2.75) is 32.2 Å². The van der Waals surface area contributed by atoms with Crippen molar-refractivity contribution < 1.29 is 23.9 Å². The molecule has 0 spiro atoms. The molecule has 1 aromatic rings. The van der Waals surface area contributed by atoms with Crippen molar-refractivity contribution in [3.8, 4) is 0 Å². The summed E-state index contributed by atoms with van der Waals surface area (Å²) in [6.07, 6.45) is 1.78. The molecule has 1 aromatic carbocycles. The third kappa shape index (κ3) is 4.61. The summed E-state index contributed by atoms with van der Waals surface area (Å²) < 4.78 is 9.74. The van der Waals surface area contributed by atoms with Crippen molar-refractivity contribution in [3.05, 3.63) is 29.3 Å². The van der Waals surface area contributed by atoms with Crippen LogP contribution in [-0.2, 0) is 14.3 Å². The standard InChI is InChI=1S/C22H32N5O5/c1-3-32-19(28)8-12-27(13-11-26(22(27)30)16-6-9-25-10-7-16)18-5-4-15(21(29)31-2)14-17(18)20(23)24/h4-5,14,16,25H,3,6-13H2,1-2H3,(H3,23,24)/q+1. The molecule has 32 heavy (non-hydrogen) atoms. The van der Waals surface area contributed by atoms with Crippen molar-refractivity contribution >= 4 is 29.5 Å². The van der Waals surface area contributed by atoms with Crippen molar-refractivity contribution in [1.82, 2.24) is 14.7 Å². The van der Waals surface area contributed by atoms with Gasteiger partial charge < -0.3 is 20.5 Å². The molecule has 10 nitrogen and oxygen atoms in total. The second kappa shape index (κ2) is 10.1. The number of hydrogen-bond acceptors (Lipinski definition) is 7. The number of piperidine rings is 1. The van der Waals surface area contributed by atoms with Gasteiger partial charge in [-0.25, -0.2) is 14.1 Å². The van der Waals surface area contributed by atoms with Crippen LogP contribution in [0.25, 0.3) is 0 Å². The largest absolute Gasteiger partial charge is 0.466 e. The number of esters is 2. The van der Waals surface area contributed by atoms with E-state index in [1.54, 1.807) is 19.1 Å². The maximum Gasteiger partial charge on any atom is 0.424 e. The zero-order chi connectivity index (χ0) is 23.3. The summed E-state index contributed by atoms with van der Waals surface area (Å²) in [5.74, 6) is -1.19. The molecular formula is C22H32N5O5+. The Kier molecular flexibility index (Phi) is 7.47. The summed E-state index contributed by atoms with van der Waals surface area (Å²) in [4.78, 5) is 40.0. The number of carbonyl (C=O) groups is 3. The Morgan fingerprint density at radius 1 is 1.31 bits per heavy atom. The number of nitrogens with one attached hydrogen (secondary N) is 2. The summed E-state index contributed by atoms with van der Waals surface area (Å²) in [6, 6.07) is 4.71.